The topological polar surface area (TPSA) is 55.8 Å². The second kappa shape index (κ2) is 8.67. The van der Waals surface area contributed by atoms with Crippen LogP contribution >= 0.6 is 0 Å². The fourth-order valence-electron chi connectivity index (χ4n) is 1.94. The zero-order valence-corrected chi connectivity index (χ0v) is 13.3. The number of ether oxygens (including phenoxy) is 2. The molecule has 0 fully saturated rings. The maximum absolute atomic E-state index is 13.4. The van der Waals surface area contributed by atoms with Crippen LogP contribution in [0.25, 0.3) is 0 Å². The van der Waals surface area contributed by atoms with E-state index >= 15 is 0 Å². The van der Waals surface area contributed by atoms with Crippen LogP contribution in [-0.2, 0) is 4.79 Å². The van der Waals surface area contributed by atoms with Crippen molar-refractivity contribution in [3.05, 3.63) is 59.9 Å². The first-order chi connectivity index (χ1) is 11.6. The van der Waals surface area contributed by atoms with E-state index in [0.29, 0.717) is 17.6 Å². The number of hydrogen-bond donors (Lipinski definition) is 0. The highest BCUT2D eigenvalue weighted by Crippen LogP contribution is 2.16. The summed E-state index contributed by atoms with van der Waals surface area (Å²) in [4.78, 5) is 24.3. The summed E-state index contributed by atoms with van der Waals surface area (Å²) in [7, 11) is 1.60. The van der Waals surface area contributed by atoms with Gasteiger partial charge in [-0.05, 0) is 24.3 Å². The van der Waals surface area contributed by atoms with Gasteiger partial charge >= 0.3 is 0 Å². The Hall–Kier alpha value is -2.89. The number of para-hydroxylation sites is 2. The standard InChI is InChI=1S/C18H18FNO4/c1-20(10-11-23-17-9-5-3-7-15(17)19)18(22)13-24-16-8-4-2-6-14(16)12-21/h2-9,12H,10-11,13H2,1H3. The van der Waals surface area contributed by atoms with E-state index in [9.17, 15) is 14.0 Å². The Balaban J connectivity index is 1.78. The smallest absolute Gasteiger partial charge is 0.260 e. The summed E-state index contributed by atoms with van der Waals surface area (Å²) in [5.74, 6) is -0.209. The van der Waals surface area contributed by atoms with Gasteiger partial charge in [-0.2, -0.15) is 0 Å². The van der Waals surface area contributed by atoms with Gasteiger partial charge < -0.3 is 14.4 Å². The van der Waals surface area contributed by atoms with Crippen molar-refractivity contribution in [2.45, 2.75) is 0 Å². The molecule has 0 aliphatic carbocycles. The van der Waals surface area contributed by atoms with Crippen molar-refractivity contribution in [2.24, 2.45) is 0 Å². The summed E-state index contributed by atoms with van der Waals surface area (Å²) in [5.41, 5.74) is 0.385. The van der Waals surface area contributed by atoms with Crippen LogP contribution in [0.2, 0.25) is 0 Å². The van der Waals surface area contributed by atoms with Crippen LogP contribution in [0.5, 0.6) is 11.5 Å². The van der Waals surface area contributed by atoms with Crippen molar-refractivity contribution >= 4 is 12.2 Å². The number of carbonyl (C=O) groups excluding carboxylic acids is 2. The number of halogens is 1. The average Bonchev–Trinajstić information content (AvgIpc) is 2.61. The molecule has 1 amide bonds. The Bertz CT molecular complexity index is 705. The quantitative estimate of drug-likeness (QED) is 0.698. The Labute approximate surface area is 139 Å². The van der Waals surface area contributed by atoms with Crippen molar-refractivity contribution in [1.29, 1.82) is 0 Å². The van der Waals surface area contributed by atoms with E-state index in [-0.39, 0.29) is 31.4 Å². The number of rotatable bonds is 8. The number of likely N-dealkylation sites (N-methyl/N-ethyl adjacent to an activating group) is 1. The van der Waals surface area contributed by atoms with E-state index < -0.39 is 5.82 Å². The van der Waals surface area contributed by atoms with Crippen molar-refractivity contribution in [3.8, 4) is 11.5 Å². The van der Waals surface area contributed by atoms with Gasteiger partial charge in [-0.1, -0.05) is 24.3 Å². The molecule has 5 nitrogen and oxygen atoms in total. The molecule has 24 heavy (non-hydrogen) atoms. The fraction of sp³-hybridized carbons (Fsp3) is 0.222. The van der Waals surface area contributed by atoms with Crippen LogP contribution in [0.3, 0.4) is 0 Å². The van der Waals surface area contributed by atoms with Crippen molar-refractivity contribution in [1.82, 2.24) is 4.90 Å². The molecule has 0 radical (unpaired) electrons. The van der Waals surface area contributed by atoms with Crippen LogP contribution in [-0.4, -0.2) is 43.9 Å². The minimum Gasteiger partial charge on any atom is -0.489 e. The molecule has 0 saturated carbocycles. The van der Waals surface area contributed by atoms with E-state index in [1.165, 1.54) is 17.0 Å². The van der Waals surface area contributed by atoms with Gasteiger partial charge in [-0.15, -0.1) is 0 Å². The summed E-state index contributed by atoms with van der Waals surface area (Å²) >= 11 is 0. The minimum atomic E-state index is -0.444. The highest BCUT2D eigenvalue weighted by Gasteiger charge is 2.11. The maximum atomic E-state index is 13.4. The van der Waals surface area contributed by atoms with E-state index in [1.807, 2.05) is 0 Å². The Kier molecular flexibility index (Phi) is 6.31. The van der Waals surface area contributed by atoms with Gasteiger partial charge in [-0.3, -0.25) is 9.59 Å². The number of benzene rings is 2. The molecule has 2 aromatic rings. The average molecular weight is 331 g/mol. The summed E-state index contributed by atoms with van der Waals surface area (Å²) in [6, 6.07) is 12.7. The first kappa shape index (κ1) is 17.5. The summed E-state index contributed by atoms with van der Waals surface area (Å²) in [6.45, 7) is 0.251. The summed E-state index contributed by atoms with van der Waals surface area (Å²) < 4.78 is 24.1. The molecule has 0 N–H and O–H groups in total. The number of nitrogens with zero attached hydrogens (tertiary/aromatic N) is 1. The van der Waals surface area contributed by atoms with Crippen LogP contribution in [0.1, 0.15) is 10.4 Å². The molecule has 126 valence electrons. The Morgan fingerprint density at radius 1 is 1.08 bits per heavy atom. The molecule has 2 rings (SSSR count). The predicted octanol–water partition coefficient (Wildman–Crippen LogP) is 2.55. The van der Waals surface area contributed by atoms with Gasteiger partial charge in [0.2, 0.25) is 0 Å². The number of amides is 1. The van der Waals surface area contributed by atoms with Gasteiger partial charge in [0, 0.05) is 7.05 Å². The van der Waals surface area contributed by atoms with Crippen molar-refractivity contribution < 1.29 is 23.5 Å². The van der Waals surface area contributed by atoms with Gasteiger partial charge in [0.05, 0.1) is 12.1 Å². The molecule has 0 aromatic heterocycles. The lowest BCUT2D eigenvalue weighted by atomic mass is 10.2. The summed E-state index contributed by atoms with van der Waals surface area (Å²) in [5, 5.41) is 0. The molecule has 0 saturated heterocycles. The second-order valence-corrected chi connectivity index (χ2v) is 5.04. The van der Waals surface area contributed by atoms with Crippen LogP contribution in [0.4, 0.5) is 4.39 Å². The Morgan fingerprint density at radius 3 is 2.46 bits per heavy atom. The van der Waals surface area contributed by atoms with Gasteiger partial charge in [0.15, 0.2) is 24.5 Å². The van der Waals surface area contributed by atoms with Gasteiger partial charge in [0.25, 0.3) is 5.91 Å². The molecule has 0 atom stereocenters. The molecule has 2 aromatic carbocycles. The lowest BCUT2D eigenvalue weighted by Crippen LogP contribution is -2.34. The molecule has 0 aliphatic rings. The lowest BCUT2D eigenvalue weighted by Gasteiger charge is -2.18. The summed E-state index contributed by atoms with van der Waals surface area (Å²) in [6.07, 6.45) is 0.672. The molecule has 0 unspecified atom stereocenters. The zero-order chi connectivity index (χ0) is 17.4. The first-order valence-corrected chi connectivity index (χ1v) is 7.40. The van der Waals surface area contributed by atoms with Crippen molar-refractivity contribution in [2.75, 3.05) is 26.8 Å². The maximum Gasteiger partial charge on any atom is 0.260 e. The molecule has 0 aliphatic heterocycles. The van der Waals surface area contributed by atoms with Gasteiger partial charge in [-0.25, -0.2) is 4.39 Å². The van der Waals surface area contributed by atoms with E-state index in [4.69, 9.17) is 9.47 Å². The van der Waals surface area contributed by atoms with Crippen molar-refractivity contribution in [3.63, 3.8) is 0 Å². The number of carbonyl (C=O) groups is 2. The Morgan fingerprint density at radius 2 is 1.75 bits per heavy atom. The third-order valence-electron chi connectivity index (χ3n) is 3.34. The normalized spacial score (nSPS) is 10.1. The number of hydrogen-bond acceptors (Lipinski definition) is 4. The second-order valence-electron chi connectivity index (χ2n) is 5.04. The van der Waals surface area contributed by atoms with Gasteiger partial charge in [0.1, 0.15) is 12.4 Å². The molecular formula is C18H18FNO4. The lowest BCUT2D eigenvalue weighted by molar-refractivity contribution is -0.132. The molecule has 6 heteroatoms. The van der Waals surface area contributed by atoms with E-state index in [1.54, 1.807) is 43.4 Å². The third-order valence-corrected chi connectivity index (χ3v) is 3.34. The highest BCUT2D eigenvalue weighted by atomic mass is 19.1. The van der Waals surface area contributed by atoms with E-state index in [0.717, 1.165) is 0 Å². The predicted molar refractivity (Wildman–Crippen MR) is 86.9 cm³/mol. The van der Waals surface area contributed by atoms with Crippen LogP contribution < -0.4 is 9.47 Å². The van der Waals surface area contributed by atoms with Crippen LogP contribution in [0.15, 0.2) is 48.5 Å². The van der Waals surface area contributed by atoms with Crippen LogP contribution in [0, 0.1) is 5.82 Å². The third kappa shape index (κ3) is 4.81. The largest absolute Gasteiger partial charge is 0.489 e. The minimum absolute atomic E-state index is 0.148. The number of aldehydes is 1. The van der Waals surface area contributed by atoms with E-state index in [2.05, 4.69) is 0 Å². The SMILES string of the molecule is CN(CCOc1ccccc1F)C(=O)COc1ccccc1C=O. The monoisotopic (exact) mass is 331 g/mol. The zero-order valence-electron chi connectivity index (χ0n) is 13.3. The molecular weight excluding hydrogens is 313 g/mol. The highest BCUT2D eigenvalue weighted by molar-refractivity contribution is 5.80. The fourth-order valence-corrected chi connectivity index (χ4v) is 1.94. The first-order valence-electron chi connectivity index (χ1n) is 7.40. The molecule has 0 spiro atoms. The molecule has 0 heterocycles. The molecule has 0 bridgehead atoms.